The van der Waals surface area contributed by atoms with Crippen LogP contribution in [0.3, 0.4) is 0 Å². The van der Waals surface area contributed by atoms with Gasteiger partial charge in [-0.25, -0.2) is 4.98 Å². The highest BCUT2D eigenvalue weighted by Crippen LogP contribution is 2.25. The third-order valence-corrected chi connectivity index (χ3v) is 3.23. The molecule has 7 nitrogen and oxygen atoms in total. The van der Waals surface area contributed by atoms with E-state index in [-0.39, 0.29) is 22.9 Å². The van der Waals surface area contributed by atoms with E-state index in [1.54, 1.807) is 13.0 Å². The maximum Gasteiger partial charge on any atom is 0.270 e. The summed E-state index contributed by atoms with van der Waals surface area (Å²) < 4.78 is 0. The van der Waals surface area contributed by atoms with Crippen LogP contribution in [0.25, 0.3) is 11.4 Å². The Morgan fingerprint density at radius 2 is 2.14 bits per heavy atom. The molecule has 0 atom stereocenters. The maximum atomic E-state index is 12.0. The lowest BCUT2D eigenvalue weighted by Gasteiger charge is -2.08. The lowest BCUT2D eigenvalue weighted by atomic mass is 10.1. The Balaban J connectivity index is 2.60. The first-order chi connectivity index (χ1) is 9.93. The summed E-state index contributed by atoms with van der Waals surface area (Å²) in [6, 6.07) is 4.40. The molecule has 0 amide bonds. The molecule has 0 radical (unpaired) electrons. The van der Waals surface area contributed by atoms with Gasteiger partial charge >= 0.3 is 0 Å². The Morgan fingerprint density at radius 1 is 1.43 bits per heavy atom. The largest absolute Gasteiger partial charge is 0.383 e. The quantitative estimate of drug-likeness (QED) is 0.661. The van der Waals surface area contributed by atoms with Crippen LogP contribution in [0, 0.1) is 17.0 Å². The molecule has 1 heterocycles. The van der Waals surface area contributed by atoms with Crippen molar-refractivity contribution >= 4 is 11.5 Å². The molecule has 0 saturated carbocycles. The van der Waals surface area contributed by atoms with Gasteiger partial charge < -0.3 is 10.7 Å². The Hall–Kier alpha value is -2.70. The summed E-state index contributed by atoms with van der Waals surface area (Å²) in [5.41, 5.74) is 7.18. The van der Waals surface area contributed by atoms with Gasteiger partial charge in [-0.1, -0.05) is 19.4 Å². The van der Waals surface area contributed by atoms with Crippen LogP contribution < -0.4 is 11.3 Å². The van der Waals surface area contributed by atoms with E-state index in [1.807, 2.05) is 6.92 Å². The third-order valence-electron chi connectivity index (χ3n) is 3.23. The summed E-state index contributed by atoms with van der Waals surface area (Å²) in [7, 11) is 0. The smallest absolute Gasteiger partial charge is 0.270 e. The third kappa shape index (κ3) is 2.91. The van der Waals surface area contributed by atoms with Crippen LogP contribution in [0.15, 0.2) is 23.0 Å². The van der Waals surface area contributed by atoms with Crippen LogP contribution in [0.2, 0.25) is 0 Å². The molecule has 0 unspecified atom stereocenters. The Morgan fingerprint density at radius 3 is 2.71 bits per heavy atom. The standard InChI is InChI=1S/C14H16N4O3/c1-3-4-10-12(15)16-13(17-14(10)19)11-7-9(18(20)21)6-5-8(11)2/h5-7H,3-4H2,1-2H3,(H3,15,16,17,19). The number of non-ortho nitro benzene ring substituents is 1. The van der Waals surface area contributed by atoms with E-state index >= 15 is 0 Å². The fourth-order valence-electron chi connectivity index (χ4n) is 2.11. The molecule has 110 valence electrons. The number of anilines is 1. The van der Waals surface area contributed by atoms with Crippen molar-refractivity contribution in [1.82, 2.24) is 9.97 Å². The van der Waals surface area contributed by atoms with Gasteiger partial charge in [0.15, 0.2) is 0 Å². The number of nitrogens with one attached hydrogen (secondary N) is 1. The number of aromatic amines is 1. The minimum absolute atomic E-state index is 0.0607. The Bertz CT molecular complexity index is 752. The summed E-state index contributed by atoms with van der Waals surface area (Å²) in [5.74, 6) is 0.417. The van der Waals surface area contributed by atoms with E-state index < -0.39 is 4.92 Å². The van der Waals surface area contributed by atoms with Crippen molar-refractivity contribution in [3.05, 3.63) is 49.8 Å². The number of aromatic nitrogens is 2. The van der Waals surface area contributed by atoms with Crippen LogP contribution >= 0.6 is 0 Å². The number of nitro benzene ring substituents is 1. The zero-order valence-electron chi connectivity index (χ0n) is 11.8. The van der Waals surface area contributed by atoms with Gasteiger partial charge in [0.2, 0.25) is 0 Å². The van der Waals surface area contributed by atoms with Gasteiger partial charge in [-0.15, -0.1) is 0 Å². The predicted molar refractivity (Wildman–Crippen MR) is 80.1 cm³/mol. The first-order valence-electron chi connectivity index (χ1n) is 6.58. The normalized spacial score (nSPS) is 10.6. The molecule has 1 aromatic heterocycles. The van der Waals surface area contributed by atoms with Crippen molar-refractivity contribution in [3.63, 3.8) is 0 Å². The summed E-state index contributed by atoms with van der Waals surface area (Å²) in [6.07, 6.45) is 1.33. The van der Waals surface area contributed by atoms with Gasteiger partial charge in [-0.3, -0.25) is 14.9 Å². The molecule has 2 aromatic rings. The number of nitrogens with zero attached hydrogens (tertiary/aromatic N) is 2. The van der Waals surface area contributed by atoms with Gasteiger partial charge in [0.05, 0.1) is 10.5 Å². The number of aryl methyl sites for hydroxylation is 1. The highest BCUT2D eigenvalue weighted by Gasteiger charge is 2.14. The molecular formula is C14H16N4O3. The van der Waals surface area contributed by atoms with Crippen LogP contribution in [-0.2, 0) is 6.42 Å². The number of nitrogen functional groups attached to an aromatic ring is 1. The molecule has 21 heavy (non-hydrogen) atoms. The van der Waals surface area contributed by atoms with Crippen LogP contribution in [0.5, 0.6) is 0 Å². The van der Waals surface area contributed by atoms with E-state index in [0.29, 0.717) is 17.5 Å². The molecule has 0 aliphatic carbocycles. The Labute approximate surface area is 121 Å². The molecule has 0 fully saturated rings. The first kappa shape index (κ1) is 14.7. The van der Waals surface area contributed by atoms with Crippen molar-refractivity contribution < 1.29 is 4.92 Å². The average Bonchev–Trinajstić information content (AvgIpc) is 2.43. The van der Waals surface area contributed by atoms with E-state index in [1.165, 1.54) is 12.1 Å². The van der Waals surface area contributed by atoms with Crippen molar-refractivity contribution in [2.45, 2.75) is 26.7 Å². The molecule has 1 aromatic carbocycles. The van der Waals surface area contributed by atoms with Crippen LogP contribution in [-0.4, -0.2) is 14.9 Å². The number of benzene rings is 1. The van der Waals surface area contributed by atoms with Crippen LogP contribution in [0.1, 0.15) is 24.5 Å². The number of nitrogens with two attached hydrogens (primary N) is 1. The topological polar surface area (TPSA) is 115 Å². The summed E-state index contributed by atoms with van der Waals surface area (Å²) in [4.78, 5) is 29.3. The molecule has 0 aliphatic rings. The lowest BCUT2D eigenvalue weighted by molar-refractivity contribution is -0.384. The lowest BCUT2D eigenvalue weighted by Crippen LogP contribution is -2.18. The average molecular weight is 288 g/mol. The molecule has 7 heteroatoms. The molecule has 2 rings (SSSR count). The zero-order chi connectivity index (χ0) is 15.6. The monoisotopic (exact) mass is 288 g/mol. The van der Waals surface area contributed by atoms with Gasteiger partial charge in [-0.2, -0.15) is 0 Å². The van der Waals surface area contributed by atoms with Crippen molar-refractivity contribution in [2.75, 3.05) is 5.73 Å². The number of nitro groups is 1. The Kier molecular flexibility index (Phi) is 4.02. The minimum Gasteiger partial charge on any atom is -0.383 e. The summed E-state index contributed by atoms with van der Waals surface area (Å²) >= 11 is 0. The van der Waals surface area contributed by atoms with E-state index in [4.69, 9.17) is 5.73 Å². The zero-order valence-corrected chi connectivity index (χ0v) is 11.8. The second-order valence-corrected chi connectivity index (χ2v) is 4.78. The van der Waals surface area contributed by atoms with Crippen molar-refractivity contribution in [2.24, 2.45) is 0 Å². The van der Waals surface area contributed by atoms with Crippen molar-refractivity contribution in [3.8, 4) is 11.4 Å². The van der Waals surface area contributed by atoms with Gasteiger partial charge in [0.25, 0.3) is 11.2 Å². The number of hydrogen-bond acceptors (Lipinski definition) is 5. The fourth-order valence-corrected chi connectivity index (χ4v) is 2.11. The summed E-state index contributed by atoms with van der Waals surface area (Å²) in [6.45, 7) is 3.73. The molecule has 0 saturated heterocycles. The van der Waals surface area contributed by atoms with Gasteiger partial charge in [0.1, 0.15) is 11.6 Å². The van der Waals surface area contributed by atoms with Crippen molar-refractivity contribution in [1.29, 1.82) is 0 Å². The highest BCUT2D eigenvalue weighted by atomic mass is 16.6. The maximum absolute atomic E-state index is 12.0. The van der Waals surface area contributed by atoms with Crippen LogP contribution in [0.4, 0.5) is 11.5 Å². The highest BCUT2D eigenvalue weighted by molar-refractivity contribution is 5.65. The molecule has 0 bridgehead atoms. The van der Waals surface area contributed by atoms with Gasteiger partial charge in [-0.05, 0) is 18.9 Å². The van der Waals surface area contributed by atoms with E-state index in [0.717, 1.165) is 12.0 Å². The SMILES string of the molecule is CCCc1c(N)nc(-c2cc([N+](=O)[O-])ccc2C)[nH]c1=O. The first-order valence-corrected chi connectivity index (χ1v) is 6.58. The second kappa shape index (κ2) is 5.74. The number of hydrogen-bond donors (Lipinski definition) is 2. The summed E-state index contributed by atoms with van der Waals surface area (Å²) in [5, 5.41) is 10.9. The van der Waals surface area contributed by atoms with Gasteiger partial charge in [0, 0.05) is 17.7 Å². The second-order valence-electron chi connectivity index (χ2n) is 4.78. The van der Waals surface area contributed by atoms with E-state index in [9.17, 15) is 14.9 Å². The fraction of sp³-hybridized carbons (Fsp3) is 0.286. The minimum atomic E-state index is -0.490. The predicted octanol–water partition coefficient (Wildman–Crippen LogP) is 2.19. The molecule has 3 N–H and O–H groups in total. The molecular weight excluding hydrogens is 272 g/mol. The molecule has 0 spiro atoms. The molecule has 0 aliphatic heterocycles. The number of H-pyrrole nitrogens is 1. The number of rotatable bonds is 4. The van der Waals surface area contributed by atoms with E-state index in [2.05, 4.69) is 9.97 Å².